The summed E-state index contributed by atoms with van der Waals surface area (Å²) in [5.41, 5.74) is 9.45. The summed E-state index contributed by atoms with van der Waals surface area (Å²) >= 11 is 0. The van der Waals surface area contributed by atoms with Crippen LogP contribution in [0.4, 0.5) is 0 Å². The maximum atomic E-state index is 6.07. The molecular formula is C23H33NO2. The Bertz CT molecular complexity index is 724. The largest absolute Gasteiger partial charge is 0.490 e. The number of hydrogen-bond acceptors (Lipinski definition) is 3. The van der Waals surface area contributed by atoms with E-state index in [0.29, 0.717) is 19.8 Å². The van der Waals surface area contributed by atoms with Gasteiger partial charge in [-0.15, -0.1) is 0 Å². The maximum Gasteiger partial charge on any atom is 0.123 e. The van der Waals surface area contributed by atoms with E-state index < -0.39 is 0 Å². The van der Waals surface area contributed by atoms with E-state index in [1.54, 1.807) is 0 Å². The van der Waals surface area contributed by atoms with Crippen molar-refractivity contribution in [1.82, 2.24) is 0 Å². The lowest BCUT2D eigenvalue weighted by Gasteiger charge is -2.27. The second-order valence-corrected chi connectivity index (χ2v) is 8.72. The van der Waals surface area contributed by atoms with E-state index in [1.807, 2.05) is 24.3 Å². The van der Waals surface area contributed by atoms with Gasteiger partial charge in [0.1, 0.15) is 24.7 Å². The first-order valence-electron chi connectivity index (χ1n) is 9.31. The standard InChI is InChI=1S/C23H33NO2/c1-22(2,3)18-11-12-21(19(15-18)23(4,5)6)26-14-13-25-20-10-8-7-9-17(20)16-24/h7-12,15H,13-14,16,24H2,1-6H3. The van der Waals surface area contributed by atoms with Gasteiger partial charge in [-0.1, -0.05) is 71.9 Å². The summed E-state index contributed by atoms with van der Waals surface area (Å²) in [5, 5.41) is 0. The van der Waals surface area contributed by atoms with Gasteiger partial charge in [0, 0.05) is 12.1 Å². The zero-order chi connectivity index (χ0) is 19.4. The molecule has 0 bridgehead atoms. The van der Waals surface area contributed by atoms with Crippen LogP contribution in [0.3, 0.4) is 0 Å². The van der Waals surface area contributed by atoms with Crippen molar-refractivity contribution in [2.75, 3.05) is 13.2 Å². The van der Waals surface area contributed by atoms with Crippen molar-refractivity contribution in [3.05, 3.63) is 59.2 Å². The lowest BCUT2D eigenvalue weighted by Crippen LogP contribution is -2.19. The van der Waals surface area contributed by atoms with Gasteiger partial charge in [0.15, 0.2) is 0 Å². The molecule has 0 fully saturated rings. The van der Waals surface area contributed by atoms with E-state index in [4.69, 9.17) is 15.2 Å². The highest BCUT2D eigenvalue weighted by Crippen LogP contribution is 2.35. The molecular weight excluding hydrogens is 322 g/mol. The fourth-order valence-electron chi connectivity index (χ4n) is 2.82. The van der Waals surface area contributed by atoms with Gasteiger partial charge < -0.3 is 15.2 Å². The molecule has 0 spiro atoms. The number of rotatable bonds is 6. The van der Waals surface area contributed by atoms with Crippen LogP contribution >= 0.6 is 0 Å². The van der Waals surface area contributed by atoms with E-state index >= 15 is 0 Å². The van der Waals surface area contributed by atoms with Gasteiger partial charge in [-0.05, 0) is 34.1 Å². The predicted octanol–water partition coefficient (Wildman–Crippen LogP) is 5.20. The topological polar surface area (TPSA) is 44.5 Å². The molecule has 142 valence electrons. The summed E-state index contributed by atoms with van der Waals surface area (Å²) in [6, 6.07) is 14.4. The Morgan fingerprint density at radius 2 is 1.38 bits per heavy atom. The number of benzene rings is 2. The van der Waals surface area contributed by atoms with Crippen LogP contribution in [0, 0.1) is 0 Å². The molecule has 3 nitrogen and oxygen atoms in total. The normalized spacial score (nSPS) is 12.1. The molecule has 0 unspecified atom stereocenters. The third-order valence-corrected chi connectivity index (χ3v) is 4.44. The van der Waals surface area contributed by atoms with Crippen LogP contribution in [0.5, 0.6) is 11.5 Å². The van der Waals surface area contributed by atoms with Crippen LogP contribution in [-0.2, 0) is 17.4 Å². The zero-order valence-corrected chi connectivity index (χ0v) is 17.1. The second kappa shape index (κ2) is 8.13. The summed E-state index contributed by atoms with van der Waals surface area (Å²) in [5.74, 6) is 1.76. The monoisotopic (exact) mass is 355 g/mol. The van der Waals surface area contributed by atoms with Crippen LogP contribution in [0.15, 0.2) is 42.5 Å². The molecule has 2 aromatic carbocycles. The van der Waals surface area contributed by atoms with Gasteiger partial charge in [0.05, 0.1) is 0 Å². The molecule has 2 aromatic rings. The number of para-hydroxylation sites is 1. The minimum atomic E-state index is 0.0175. The van der Waals surface area contributed by atoms with Crippen LogP contribution in [0.2, 0.25) is 0 Å². The highest BCUT2D eigenvalue weighted by Gasteiger charge is 2.23. The smallest absolute Gasteiger partial charge is 0.123 e. The first kappa shape index (κ1) is 20.3. The van der Waals surface area contributed by atoms with Crippen molar-refractivity contribution < 1.29 is 9.47 Å². The summed E-state index contributed by atoms with van der Waals surface area (Å²) < 4.78 is 11.9. The molecule has 0 aliphatic heterocycles. The highest BCUT2D eigenvalue weighted by atomic mass is 16.5. The van der Waals surface area contributed by atoms with Crippen molar-refractivity contribution in [2.45, 2.75) is 58.9 Å². The fourth-order valence-corrected chi connectivity index (χ4v) is 2.82. The van der Waals surface area contributed by atoms with Gasteiger partial charge >= 0.3 is 0 Å². The average molecular weight is 356 g/mol. The zero-order valence-electron chi connectivity index (χ0n) is 17.1. The molecule has 0 aromatic heterocycles. The summed E-state index contributed by atoms with van der Waals surface area (Å²) in [6.45, 7) is 14.8. The van der Waals surface area contributed by atoms with Crippen molar-refractivity contribution >= 4 is 0 Å². The average Bonchev–Trinajstić information content (AvgIpc) is 2.57. The summed E-state index contributed by atoms with van der Waals surface area (Å²) in [6.07, 6.45) is 0. The van der Waals surface area contributed by atoms with Gasteiger partial charge in [-0.2, -0.15) is 0 Å². The van der Waals surface area contributed by atoms with Crippen molar-refractivity contribution in [3.63, 3.8) is 0 Å². The molecule has 0 aliphatic carbocycles. The number of ether oxygens (including phenoxy) is 2. The van der Waals surface area contributed by atoms with Gasteiger partial charge in [0.25, 0.3) is 0 Å². The Kier molecular flexibility index (Phi) is 6.35. The Morgan fingerprint density at radius 1 is 0.769 bits per heavy atom. The van der Waals surface area contributed by atoms with Gasteiger partial charge in [0.2, 0.25) is 0 Å². The molecule has 0 radical (unpaired) electrons. The molecule has 0 saturated carbocycles. The Hall–Kier alpha value is -2.00. The molecule has 0 heterocycles. The van der Waals surface area contributed by atoms with Crippen molar-refractivity contribution in [3.8, 4) is 11.5 Å². The van der Waals surface area contributed by atoms with E-state index in [1.165, 1.54) is 11.1 Å². The molecule has 2 N–H and O–H groups in total. The van der Waals surface area contributed by atoms with Crippen molar-refractivity contribution in [2.24, 2.45) is 5.73 Å². The molecule has 0 amide bonds. The second-order valence-electron chi connectivity index (χ2n) is 8.72. The van der Waals surface area contributed by atoms with E-state index in [2.05, 4.69) is 59.7 Å². The minimum absolute atomic E-state index is 0.0175. The first-order valence-corrected chi connectivity index (χ1v) is 9.31. The third-order valence-electron chi connectivity index (χ3n) is 4.44. The summed E-state index contributed by atoms with van der Waals surface area (Å²) in [7, 11) is 0. The maximum absolute atomic E-state index is 6.07. The lowest BCUT2D eigenvalue weighted by atomic mass is 9.80. The third kappa shape index (κ3) is 5.25. The van der Waals surface area contributed by atoms with Crippen LogP contribution in [-0.4, -0.2) is 13.2 Å². The molecule has 3 heteroatoms. The first-order chi connectivity index (χ1) is 12.1. The van der Waals surface area contributed by atoms with Crippen LogP contribution < -0.4 is 15.2 Å². The lowest BCUT2D eigenvalue weighted by molar-refractivity contribution is 0.213. The van der Waals surface area contributed by atoms with Gasteiger partial charge in [-0.25, -0.2) is 0 Å². The van der Waals surface area contributed by atoms with E-state index in [9.17, 15) is 0 Å². The number of nitrogens with two attached hydrogens (primary N) is 1. The predicted molar refractivity (Wildman–Crippen MR) is 109 cm³/mol. The molecule has 0 aliphatic rings. The molecule has 0 saturated heterocycles. The molecule has 0 atom stereocenters. The highest BCUT2D eigenvalue weighted by molar-refractivity contribution is 5.43. The van der Waals surface area contributed by atoms with Gasteiger partial charge in [-0.3, -0.25) is 0 Å². The molecule has 26 heavy (non-hydrogen) atoms. The summed E-state index contributed by atoms with van der Waals surface area (Å²) in [4.78, 5) is 0. The van der Waals surface area contributed by atoms with E-state index in [0.717, 1.165) is 17.1 Å². The Morgan fingerprint density at radius 3 is 1.96 bits per heavy atom. The van der Waals surface area contributed by atoms with E-state index in [-0.39, 0.29) is 10.8 Å². The Balaban J connectivity index is 2.07. The SMILES string of the molecule is CC(C)(C)c1ccc(OCCOc2ccccc2CN)c(C(C)(C)C)c1. The van der Waals surface area contributed by atoms with Crippen molar-refractivity contribution in [1.29, 1.82) is 0 Å². The molecule has 2 rings (SSSR count). The van der Waals surface area contributed by atoms with Crippen LogP contribution in [0.25, 0.3) is 0 Å². The Labute approximate surface area is 158 Å². The fraction of sp³-hybridized carbons (Fsp3) is 0.478. The van der Waals surface area contributed by atoms with Crippen LogP contribution in [0.1, 0.15) is 58.2 Å². The minimum Gasteiger partial charge on any atom is -0.490 e. The quantitative estimate of drug-likeness (QED) is 0.725. The number of hydrogen-bond donors (Lipinski definition) is 1.